The number of nitrogens with one attached hydrogen (secondary N) is 1. The topological polar surface area (TPSA) is 56.1 Å². The van der Waals surface area contributed by atoms with E-state index < -0.39 is 0 Å². The van der Waals surface area contributed by atoms with E-state index in [1.165, 1.54) is 24.0 Å². The highest BCUT2D eigenvalue weighted by Gasteiger charge is 2.32. The van der Waals surface area contributed by atoms with Crippen LogP contribution in [-0.2, 0) is 17.6 Å². The molecule has 0 bridgehead atoms. The van der Waals surface area contributed by atoms with Crippen molar-refractivity contribution >= 4 is 17.3 Å². The van der Waals surface area contributed by atoms with Crippen molar-refractivity contribution in [2.75, 3.05) is 16.8 Å². The number of anilines is 2. The molecule has 4 nitrogen and oxygen atoms in total. The number of nitriles is 1. The van der Waals surface area contributed by atoms with E-state index in [4.69, 9.17) is 5.26 Å². The van der Waals surface area contributed by atoms with Crippen LogP contribution >= 0.6 is 0 Å². The van der Waals surface area contributed by atoms with Crippen molar-refractivity contribution in [3.8, 4) is 6.07 Å². The number of benzene rings is 2. The molecule has 0 aromatic heterocycles. The molecule has 1 heterocycles. The molecule has 1 amide bonds. The summed E-state index contributed by atoms with van der Waals surface area (Å²) in [5, 5.41) is 12.3. The lowest BCUT2D eigenvalue weighted by Crippen LogP contribution is -2.33. The van der Waals surface area contributed by atoms with Gasteiger partial charge in [0.05, 0.1) is 11.6 Å². The van der Waals surface area contributed by atoms with Gasteiger partial charge in [-0.1, -0.05) is 6.07 Å². The molecule has 1 atom stereocenters. The van der Waals surface area contributed by atoms with Crippen molar-refractivity contribution in [1.82, 2.24) is 0 Å². The van der Waals surface area contributed by atoms with Gasteiger partial charge in [-0.05, 0) is 73.2 Å². The van der Waals surface area contributed by atoms with Crippen LogP contribution in [0.2, 0.25) is 0 Å². The van der Waals surface area contributed by atoms with E-state index in [0.29, 0.717) is 12.1 Å². The minimum atomic E-state index is -0.180. The van der Waals surface area contributed by atoms with Gasteiger partial charge in [0.25, 0.3) is 0 Å². The Bertz CT molecular complexity index is 820. The number of carbonyl (C=O) groups excluding carboxylic acids is 1. The fourth-order valence-electron chi connectivity index (χ4n) is 3.65. The number of amides is 1. The lowest BCUT2D eigenvalue weighted by Gasteiger charge is -2.18. The molecule has 4 rings (SSSR count). The first-order valence-corrected chi connectivity index (χ1v) is 8.44. The lowest BCUT2D eigenvalue weighted by molar-refractivity contribution is -0.117. The number of carbonyl (C=O) groups is 1. The standard InChI is InChI=1S/C20H19N3O/c21-13-14-4-8-18(9-5-14)23-11-10-19(20(23)24)22-17-7-6-15-2-1-3-16(15)12-17/h4-9,12,19,22H,1-3,10-11H2. The number of rotatable bonds is 3. The first-order valence-electron chi connectivity index (χ1n) is 8.44. The Kier molecular flexibility index (Phi) is 3.70. The van der Waals surface area contributed by atoms with Gasteiger partial charge in [0.15, 0.2) is 0 Å². The molecule has 1 saturated heterocycles. The second kappa shape index (κ2) is 6.01. The van der Waals surface area contributed by atoms with E-state index in [1.807, 2.05) is 12.1 Å². The predicted octanol–water partition coefficient (Wildman–Crippen LogP) is 3.26. The summed E-state index contributed by atoms with van der Waals surface area (Å²) in [6.07, 6.45) is 4.33. The summed E-state index contributed by atoms with van der Waals surface area (Å²) in [4.78, 5) is 14.5. The first-order chi connectivity index (χ1) is 11.7. The molecule has 1 aliphatic heterocycles. The lowest BCUT2D eigenvalue weighted by atomic mass is 10.1. The maximum Gasteiger partial charge on any atom is 0.249 e. The summed E-state index contributed by atoms with van der Waals surface area (Å²) in [6, 6.07) is 15.6. The van der Waals surface area contributed by atoms with E-state index in [-0.39, 0.29) is 11.9 Å². The highest BCUT2D eigenvalue weighted by molar-refractivity contribution is 6.01. The summed E-state index contributed by atoms with van der Waals surface area (Å²) in [6.45, 7) is 0.702. The molecule has 120 valence electrons. The van der Waals surface area contributed by atoms with E-state index in [0.717, 1.165) is 24.2 Å². The maximum atomic E-state index is 12.7. The van der Waals surface area contributed by atoms with Gasteiger partial charge in [-0.15, -0.1) is 0 Å². The van der Waals surface area contributed by atoms with Crippen LogP contribution < -0.4 is 10.2 Å². The third-order valence-corrected chi connectivity index (χ3v) is 4.95. The number of fused-ring (bicyclic) bond motifs is 1. The van der Waals surface area contributed by atoms with Gasteiger partial charge >= 0.3 is 0 Å². The van der Waals surface area contributed by atoms with Crippen LogP contribution in [0.4, 0.5) is 11.4 Å². The van der Waals surface area contributed by atoms with Crippen molar-refractivity contribution in [2.45, 2.75) is 31.7 Å². The Morgan fingerprint density at radius 2 is 1.88 bits per heavy atom. The molecule has 2 aliphatic rings. The summed E-state index contributed by atoms with van der Waals surface area (Å²) < 4.78 is 0. The van der Waals surface area contributed by atoms with Crippen LogP contribution in [0, 0.1) is 11.3 Å². The van der Waals surface area contributed by atoms with E-state index in [9.17, 15) is 4.79 Å². The molecule has 0 saturated carbocycles. The zero-order valence-corrected chi connectivity index (χ0v) is 13.5. The Labute approximate surface area is 141 Å². The molecular weight excluding hydrogens is 298 g/mol. The molecule has 4 heteroatoms. The van der Waals surface area contributed by atoms with Crippen molar-refractivity contribution < 1.29 is 4.79 Å². The molecule has 1 unspecified atom stereocenters. The van der Waals surface area contributed by atoms with Crippen LogP contribution in [0.3, 0.4) is 0 Å². The molecule has 24 heavy (non-hydrogen) atoms. The van der Waals surface area contributed by atoms with Gasteiger partial charge in [-0.25, -0.2) is 0 Å². The second-order valence-corrected chi connectivity index (χ2v) is 6.47. The number of hydrogen-bond acceptors (Lipinski definition) is 3. The normalized spacial score (nSPS) is 19.2. The zero-order chi connectivity index (χ0) is 16.5. The van der Waals surface area contributed by atoms with Crippen molar-refractivity contribution in [1.29, 1.82) is 5.26 Å². The molecule has 2 aromatic rings. The average Bonchev–Trinajstić information content (AvgIpc) is 3.22. The minimum absolute atomic E-state index is 0.0974. The summed E-state index contributed by atoms with van der Waals surface area (Å²) >= 11 is 0. The molecule has 0 spiro atoms. The molecule has 1 fully saturated rings. The van der Waals surface area contributed by atoms with Gasteiger partial charge < -0.3 is 10.2 Å². The molecule has 1 N–H and O–H groups in total. The third kappa shape index (κ3) is 2.63. The van der Waals surface area contributed by atoms with Crippen LogP contribution in [-0.4, -0.2) is 18.5 Å². The van der Waals surface area contributed by atoms with Gasteiger partial charge in [0, 0.05) is 17.9 Å². The van der Waals surface area contributed by atoms with Crippen molar-refractivity contribution in [3.63, 3.8) is 0 Å². The Hall–Kier alpha value is -2.80. The van der Waals surface area contributed by atoms with E-state index >= 15 is 0 Å². The molecule has 1 aliphatic carbocycles. The summed E-state index contributed by atoms with van der Waals surface area (Å²) in [5.74, 6) is 0.0974. The van der Waals surface area contributed by atoms with Crippen LogP contribution in [0.25, 0.3) is 0 Å². The third-order valence-electron chi connectivity index (χ3n) is 4.95. The zero-order valence-electron chi connectivity index (χ0n) is 13.5. The van der Waals surface area contributed by atoms with Gasteiger partial charge in [-0.3, -0.25) is 4.79 Å². The molecular formula is C20H19N3O. The number of nitrogens with zero attached hydrogens (tertiary/aromatic N) is 2. The number of aryl methyl sites for hydroxylation is 2. The average molecular weight is 317 g/mol. The molecule has 0 radical (unpaired) electrons. The van der Waals surface area contributed by atoms with Gasteiger partial charge in [0.1, 0.15) is 6.04 Å². The van der Waals surface area contributed by atoms with E-state index in [2.05, 4.69) is 29.6 Å². The first kappa shape index (κ1) is 14.8. The predicted molar refractivity (Wildman–Crippen MR) is 94.0 cm³/mol. The minimum Gasteiger partial charge on any atom is -0.374 e. The number of hydrogen-bond donors (Lipinski definition) is 1. The fourth-order valence-corrected chi connectivity index (χ4v) is 3.65. The smallest absolute Gasteiger partial charge is 0.249 e. The second-order valence-electron chi connectivity index (χ2n) is 6.47. The summed E-state index contributed by atoms with van der Waals surface area (Å²) in [7, 11) is 0. The fraction of sp³-hybridized carbons (Fsp3) is 0.300. The maximum absolute atomic E-state index is 12.7. The van der Waals surface area contributed by atoms with Crippen molar-refractivity contribution in [3.05, 3.63) is 59.2 Å². The SMILES string of the molecule is N#Cc1ccc(N2CCC(Nc3ccc4c(c3)CCC4)C2=O)cc1. The van der Waals surface area contributed by atoms with Crippen LogP contribution in [0.15, 0.2) is 42.5 Å². The summed E-state index contributed by atoms with van der Waals surface area (Å²) in [5.41, 5.74) is 5.36. The van der Waals surface area contributed by atoms with Gasteiger partial charge in [-0.2, -0.15) is 5.26 Å². The van der Waals surface area contributed by atoms with E-state index in [1.54, 1.807) is 17.0 Å². The Morgan fingerprint density at radius 1 is 1.08 bits per heavy atom. The largest absolute Gasteiger partial charge is 0.374 e. The van der Waals surface area contributed by atoms with Crippen LogP contribution in [0.5, 0.6) is 0 Å². The Morgan fingerprint density at radius 3 is 2.67 bits per heavy atom. The Balaban J connectivity index is 1.48. The van der Waals surface area contributed by atoms with Gasteiger partial charge in [0.2, 0.25) is 5.91 Å². The highest BCUT2D eigenvalue weighted by Crippen LogP contribution is 2.27. The quantitative estimate of drug-likeness (QED) is 0.945. The molecule has 2 aromatic carbocycles. The van der Waals surface area contributed by atoms with Crippen LogP contribution in [0.1, 0.15) is 29.5 Å². The monoisotopic (exact) mass is 317 g/mol. The highest BCUT2D eigenvalue weighted by atomic mass is 16.2. The van der Waals surface area contributed by atoms with Crippen molar-refractivity contribution in [2.24, 2.45) is 0 Å².